The molecule has 1 aliphatic rings. The topological polar surface area (TPSA) is 41.6 Å². The zero-order chi connectivity index (χ0) is 16.6. The van der Waals surface area contributed by atoms with Gasteiger partial charge in [-0.1, -0.05) is 6.07 Å². The minimum atomic E-state index is -0.364. The molecule has 0 saturated heterocycles. The van der Waals surface area contributed by atoms with Crippen molar-refractivity contribution < 1.29 is 13.9 Å². The SMILES string of the molecule is COc1cc(F)cc(C2CC(=O)Nc3cc(N(C)C)ccc32)c1. The van der Waals surface area contributed by atoms with Crippen molar-refractivity contribution in [2.24, 2.45) is 0 Å². The standard InChI is InChI=1S/C18H19FN2O2/c1-21(2)13-4-5-15-16(10-18(22)20-17(15)9-13)11-6-12(19)8-14(7-11)23-3/h4-9,16H,10H2,1-3H3,(H,20,22). The highest BCUT2D eigenvalue weighted by atomic mass is 19.1. The zero-order valence-corrected chi connectivity index (χ0v) is 13.4. The fraction of sp³-hybridized carbons (Fsp3) is 0.278. The molecule has 5 heteroatoms. The summed E-state index contributed by atoms with van der Waals surface area (Å²) in [4.78, 5) is 14.1. The fourth-order valence-electron chi connectivity index (χ4n) is 2.93. The van der Waals surface area contributed by atoms with E-state index in [1.165, 1.54) is 19.2 Å². The van der Waals surface area contributed by atoms with E-state index in [0.29, 0.717) is 12.2 Å². The summed E-state index contributed by atoms with van der Waals surface area (Å²) in [6.07, 6.45) is 0.293. The Hall–Kier alpha value is -2.56. The van der Waals surface area contributed by atoms with Gasteiger partial charge in [-0.15, -0.1) is 0 Å². The van der Waals surface area contributed by atoms with Crippen LogP contribution in [0.3, 0.4) is 0 Å². The largest absolute Gasteiger partial charge is 0.497 e. The van der Waals surface area contributed by atoms with Crippen LogP contribution in [-0.4, -0.2) is 27.1 Å². The maximum atomic E-state index is 13.8. The Bertz CT molecular complexity index is 759. The van der Waals surface area contributed by atoms with Crippen LogP contribution in [0.25, 0.3) is 0 Å². The van der Waals surface area contributed by atoms with Gasteiger partial charge in [0.05, 0.1) is 7.11 Å². The van der Waals surface area contributed by atoms with E-state index in [-0.39, 0.29) is 17.6 Å². The second-order valence-corrected chi connectivity index (χ2v) is 5.90. The highest BCUT2D eigenvalue weighted by Gasteiger charge is 2.27. The quantitative estimate of drug-likeness (QED) is 0.944. The Kier molecular flexibility index (Phi) is 3.94. The van der Waals surface area contributed by atoms with Gasteiger partial charge in [0, 0.05) is 43.9 Å². The number of methoxy groups -OCH3 is 1. The van der Waals surface area contributed by atoms with Crippen LogP contribution in [0.2, 0.25) is 0 Å². The molecular formula is C18H19FN2O2. The monoisotopic (exact) mass is 314 g/mol. The molecule has 120 valence electrons. The van der Waals surface area contributed by atoms with Crippen LogP contribution < -0.4 is 15.0 Å². The average molecular weight is 314 g/mol. The van der Waals surface area contributed by atoms with Crippen molar-refractivity contribution in [2.45, 2.75) is 12.3 Å². The number of fused-ring (bicyclic) bond motifs is 1. The van der Waals surface area contributed by atoms with E-state index in [1.807, 2.05) is 37.2 Å². The molecule has 0 fully saturated rings. The molecule has 0 radical (unpaired) electrons. The number of rotatable bonds is 3. The highest BCUT2D eigenvalue weighted by Crippen LogP contribution is 2.39. The summed E-state index contributed by atoms with van der Waals surface area (Å²) in [5, 5.41) is 2.91. The van der Waals surface area contributed by atoms with E-state index in [4.69, 9.17) is 4.74 Å². The molecule has 1 heterocycles. The molecule has 1 unspecified atom stereocenters. The number of carbonyl (C=O) groups excluding carboxylic acids is 1. The molecule has 1 atom stereocenters. The first-order chi connectivity index (χ1) is 11.0. The van der Waals surface area contributed by atoms with Gasteiger partial charge in [-0.05, 0) is 35.4 Å². The minimum Gasteiger partial charge on any atom is -0.497 e. The van der Waals surface area contributed by atoms with Crippen molar-refractivity contribution in [3.05, 3.63) is 53.3 Å². The van der Waals surface area contributed by atoms with Gasteiger partial charge in [0.1, 0.15) is 11.6 Å². The Morgan fingerprint density at radius 1 is 1.22 bits per heavy atom. The smallest absolute Gasteiger partial charge is 0.225 e. The third-order valence-corrected chi connectivity index (χ3v) is 4.12. The van der Waals surface area contributed by atoms with Crippen molar-refractivity contribution >= 4 is 17.3 Å². The maximum absolute atomic E-state index is 13.8. The first kappa shape index (κ1) is 15.3. The lowest BCUT2D eigenvalue weighted by Crippen LogP contribution is -2.24. The van der Waals surface area contributed by atoms with E-state index in [1.54, 1.807) is 6.07 Å². The van der Waals surface area contributed by atoms with Crippen LogP contribution in [0, 0.1) is 5.82 Å². The van der Waals surface area contributed by atoms with Gasteiger partial charge >= 0.3 is 0 Å². The number of benzene rings is 2. The van der Waals surface area contributed by atoms with Crippen LogP contribution in [0.1, 0.15) is 23.5 Å². The van der Waals surface area contributed by atoms with Gasteiger partial charge in [-0.25, -0.2) is 4.39 Å². The molecule has 4 nitrogen and oxygen atoms in total. The van der Waals surface area contributed by atoms with Gasteiger partial charge < -0.3 is 15.0 Å². The number of nitrogens with one attached hydrogen (secondary N) is 1. The third-order valence-electron chi connectivity index (χ3n) is 4.12. The molecule has 23 heavy (non-hydrogen) atoms. The van der Waals surface area contributed by atoms with E-state index in [0.717, 1.165) is 22.5 Å². The summed E-state index contributed by atoms with van der Waals surface area (Å²) in [6.45, 7) is 0. The molecule has 2 aromatic rings. The highest BCUT2D eigenvalue weighted by molar-refractivity contribution is 5.96. The predicted octanol–water partition coefficient (Wildman–Crippen LogP) is 3.37. The molecule has 1 N–H and O–H groups in total. The predicted molar refractivity (Wildman–Crippen MR) is 88.8 cm³/mol. The number of amides is 1. The molecule has 1 aliphatic heterocycles. The normalized spacial score (nSPS) is 16.5. The Labute approximate surface area is 134 Å². The summed E-state index contributed by atoms with van der Waals surface area (Å²) < 4.78 is 19.0. The van der Waals surface area contributed by atoms with Gasteiger partial charge in [0.15, 0.2) is 0 Å². The van der Waals surface area contributed by atoms with Crippen LogP contribution in [0.4, 0.5) is 15.8 Å². The van der Waals surface area contributed by atoms with Crippen LogP contribution in [0.15, 0.2) is 36.4 Å². The second-order valence-electron chi connectivity index (χ2n) is 5.90. The molecule has 0 aliphatic carbocycles. The van der Waals surface area contributed by atoms with Gasteiger partial charge in [-0.3, -0.25) is 4.79 Å². The summed E-state index contributed by atoms with van der Waals surface area (Å²) in [5.41, 5.74) is 3.51. The number of anilines is 2. The van der Waals surface area contributed by atoms with Gasteiger partial charge in [-0.2, -0.15) is 0 Å². The van der Waals surface area contributed by atoms with E-state index in [9.17, 15) is 9.18 Å². The van der Waals surface area contributed by atoms with Crippen molar-refractivity contribution in [3.8, 4) is 5.75 Å². The first-order valence-corrected chi connectivity index (χ1v) is 7.43. The maximum Gasteiger partial charge on any atom is 0.225 e. The molecule has 3 rings (SSSR count). The van der Waals surface area contributed by atoms with Gasteiger partial charge in [0.25, 0.3) is 0 Å². The van der Waals surface area contributed by atoms with Crippen LogP contribution >= 0.6 is 0 Å². The van der Waals surface area contributed by atoms with Crippen molar-refractivity contribution in [2.75, 3.05) is 31.4 Å². The summed E-state index contributed by atoms with van der Waals surface area (Å²) in [7, 11) is 5.39. The Balaban J connectivity index is 2.08. The fourth-order valence-corrected chi connectivity index (χ4v) is 2.93. The second kappa shape index (κ2) is 5.91. The van der Waals surface area contributed by atoms with Crippen molar-refractivity contribution in [3.63, 3.8) is 0 Å². The zero-order valence-electron chi connectivity index (χ0n) is 13.4. The molecular weight excluding hydrogens is 295 g/mol. The van der Waals surface area contributed by atoms with Crippen molar-refractivity contribution in [1.82, 2.24) is 0 Å². The number of hydrogen-bond donors (Lipinski definition) is 1. The lowest BCUT2D eigenvalue weighted by atomic mass is 9.84. The molecule has 0 bridgehead atoms. The van der Waals surface area contributed by atoms with Gasteiger partial charge in [0.2, 0.25) is 5.91 Å². The first-order valence-electron chi connectivity index (χ1n) is 7.43. The van der Waals surface area contributed by atoms with E-state index >= 15 is 0 Å². The average Bonchev–Trinajstić information content (AvgIpc) is 2.52. The van der Waals surface area contributed by atoms with E-state index < -0.39 is 0 Å². The summed E-state index contributed by atoms with van der Waals surface area (Å²) in [5.74, 6) is -0.157. The molecule has 1 amide bonds. The number of nitrogens with zero attached hydrogens (tertiary/aromatic N) is 1. The van der Waals surface area contributed by atoms with Crippen molar-refractivity contribution in [1.29, 1.82) is 0 Å². The summed E-state index contributed by atoms with van der Waals surface area (Å²) in [6, 6.07) is 10.5. The number of hydrogen-bond acceptors (Lipinski definition) is 3. The third kappa shape index (κ3) is 2.99. The minimum absolute atomic E-state index is 0.0679. The number of carbonyl (C=O) groups is 1. The molecule has 0 spiro atoms. The number of ether oxygens (including phenoxy) is 1. The lowest BCUT2D eigenvalue weighted by Gasteiger charge is -2.27. The van der Waals surface area contributed by atoms with Crippen LogP contribution in [-0.2, 0) is 4.79 Å². The molecule has 0 saturated carbocycles. The Morgan fingerprint density at radius 2 is 2.00 bits per heavy atom. The molecule has 2 aromatic carbocycles. The number of halogens is 1. The molecule has 0 aromatic heterocycles. The Morgan fingerprint density at radius 3 is 2.70 bits per heavy atom. The van der Waals surface area contributed by atoms with E-state index in [2.05, 4.69) is 5.32 Å². The lowest BCUT2D eigenvalue weighted by molar-refractivity contribution is -0.116. The van der Waals surface area contributed by atoms with Crippen LogP contribution in [0.5, 0.6) is 5.75 Å². The summed E-state index contributed by atoms with van der Waals surface area (Å²) >= 11 is 0.